The number of aromatic nitrogens is 2. The van der Waals surface area contributed by atoms with Gasteiger partial charge >= 0.3 is 5.69 Å². The van der Waals surface area contributed by atoms with Crippen LogP contribution in [0.15, 0.2) is 9.59 Å². The second-order valence-electron chi connectivity index (χ2n) is 4.77. The normalized spacial score (nSPS) is 12.9. The molecule has 1 unspecified atom stereocenters. The summed E-state index contributed by atoms with van der Waals surface area (Å²) in [4.78, 5) is 28.6. The maximum Gasteiger partial charge on any atom is 0.329 e. The number of likely N-dealkylation sites (N-methyl/N-ethyl adjacent to an activating group) is 1. The second kappa shape index (κ2) is 6.91. The van der Waals surface area contributed by atoms with Crippen LogP contribution in [0.25, 0.3) is 0 Å². The zero-order valence-corrected chi connectivity index (χ0v) is 12.8. The first-order valence-electron chi connectivity index (χ1n) is 6.64. The van der Waals surface area contributed by atoms with Gasteiger partial charge in [0, 0.05) is 19.1 Å². The lowest BCUT2D eigenvalue weighted by Crippen LogP contribution is -2.41. The first-order valence-corrected chi connectivity index (χ1v) is 7.01. The number of hydrogen-bond donors (Lipinski definition) is 1. The van der Waals surface area contributed by atoms with E-state index < -0.39 is 5.69 Å². The molecule has 5 nitrogen and oxygen atoms in total. The molecule has 0 saturated heterocycles. The van der Waals surface area contributed by atoms with Crippen LogP contribution >= 0.6 is 11.6 Å². The predicted molar refractivity (Wildman–Crippen MR) is 78.1 cm³/mol. The van der Waals surface area contributed by atoms with Crippen LogP contribution in [0.5, 0.6) is 0 Å². The van der Waals surface area contributed by atoms with Crippen LogP contribution in [0, 0.1) is 0 Å². The average molecular weight is 288 g/mol. The number of halogens is 1. The zero-order chi connectivity index (χ0) is 14.6. The average Bonchev–Trinajstić information content (AvgIpc) is 2.37. The summed E-state index contributed by atoms with van der Waals surface area (Å²) in [7, 11) is 1.99. The van der Waals surface area contributed by atoms with Crippen LogP contribution in [0.1, 0.15) is 32.8 Å². The van der Waals surface area contributed by atoms with E-state index in [4.69, 9.17) is 11.6 Å². The van der Waals surface area contributed by atoms with Crippen molar-refractivity contribution in [3.05, 3.63) is 31.6 Å². The van der Waals surface area contributed by atoms with Crippen molar-refractivity contribution < 1.29 is 0 Å². The van der Waals surface area contributed by atoms with Crippen molar-refractivity contribution in [2.24, 2.45) is 0 Å². The molecule has 0 aromatic carbocycles. The molecule has 1 atom stereocenters. The highest BCUT2D eigenvalue weighted by molar-refractivity contribution is 6.30. The van der Waals surface area contributed by atoms with Crippen LogP contribution in [0.4, 0.5) is 0 Å². The van der Waals surface area contributed by atoms with Crippen LogP contribution < -0.4 is 11.2 Å². The molecule has 1 rings (SSSR count). The fraction of sp³-hybridized carbons (Fsp3) is 0.692. The predicted octanol–water partition coefficient (Wildman–Crippen LogP) is 1.48. The monoisotopic (exact) mass is 287 g/mol. The Kier molecular flexibility index (Phi) is 5.82. The summed E-state index contributed by atoms with van der Waals surface area (Å²) in [6.07, 6.45) is 1.54. The quantitative estimate of drug-likeness (QED) is 0.807. The number of rotatable bonds is 6. The largest absolute Gasteiger partial charge is 0.329 e. The van der Waals surface area contributed by atoms with Gasteiger partial charge in [0.2, 0.25) is 0 Å². The van der Waals surface area contributed by atoms with Gasteiger partial charge in [0.25, 0.3) is 5.56 Å². The highest BCUT2D eigenvalue weighted by Gasteiger charge is 2.12. The molecule has 0 bridgehead atoms. The Bertz CT molecular complexity index is 536. The molecule has 19 heavy (non-hydrogen) atoms. The van der Waals surface area contributed by atoms with Gasteiger partial charge in [-0.1, -0.05) is 25.4 Å². The molecule has 1 aromatic rings. The Labute approximate surface area is 118 Å². The van der Waals surface area contributed by atoms with E-state index >= 15 is 0 Å². The molecule has 6 heteroatoms. The Balaban J connectivity index is 2.97. The molecular formula is C13H22ClN3O2. The number of hydrogen-bond acceptors (Lipinski definition) is 3. The van der Waals surface area contributed by atoms with Crippen molar-refractivity contribution in [1.29, 1.82) is 0 Å². The fourth-order valence-electron chi connectivity index (χ4n) is 1.89. The van der Waals surface area contributed by atoms with Crippen molar-refractivity contribution in [3.63, 3.8) is 0 Å². The van der Waals surface area contributed by atoms with E-state index in [2.05, 4.69) is 23.7 Å². The molecule has 0 saturated carbocycles. The number of H-pyrrole nitrogens is 1. The van der Waals surface area contributed by atoms with Crippen LogP contribution in [-0.4, -0.2) is 34.1 Å². The third-order valence-electron chi connectivity index (χ3n) is 3.60. The number of nitrogens with one attached hydrogen (secondary N) is 1. The van der Waals surface area contributed by atoms with Gasteiger partial charge in [-0.05, 0) is 26.8 Å². The molecular weight excluding hydrogens is 266 g/mol. The minimum absolute atomic E-state index is 0.157. The maximum absolute atomic E-state index is 12.1. The molecule has 0 amide bonds. The first kappa shape index (κ1) is 16.0. The van der Waals surface area contributed by atoms with Gasteiger partial charge in [-0.25, -0.2) is 4.79 Å². The van der Waals surface area contributed by atoms with Crippen molar-refractivity contribution in [1.82, 2.24) is 14.5 Å². The van der Waals surface area contributed by atoms with Gasteiger partial charge in [0.15, 0.2) is 0 Å². The standard InChI is InChI=1S/C13H22ClN3O2/c1-5-9(3)16(4)7-8-17-12(18)10(6-2)11(14)15-13(17)19/h9H,5-8H2,1-4H3,(H,15,19). The van der Waals surface area contributed by atoms with E-state index in [9.17, 15) is 9.59 Å². The Morgan fingerprint density at radius 1 is 1.37 bits per heavy atom. The van der Waals surface area contributed by atoms with Crippen LogP contribution in [0.2, 0.25) is 5.15 Å². The summed E-state index contributed by atoms with van der Waals surface area (Å²) in [5.41, 5.74) is -0.258. The molecule has 1 N–H and O–H groups in total. The van der Waals surface area contributed by atoms with Gasteiger partial charge in [0.05, 0.1) is 5.56 Å². The molecule has 1 heterocycles. The number of nitrogens with zero attached hydrogens (tertiary/aromatic N) is 2. The van der Waals surface area contributed by atoms with Crippen LogP contribution in [-0.2, 0) is 13.0 Å². The van der Waals surface area contributed by atoms with Gasteiger partial charge in [-0.3, -0.25) is 14.3 Å². The van der Waals surface area contributed by atoms with Gasteiger partial charge in [0.1, 0.15) is 5.15 Å². The van der Waals surface area contributed by atoms with E-state index in [1.165, 1.54) is 4.57 Å². The third kappa shape index (κ3) is 3.70. The third-order valence-corrected chi connectivity index (χ3v) is 3.93. The molecule has 0 radical (unpaired) electrons. The summed E-state index contributed by atoms with van der Waals surface area (Å²) in [5.74, 6) is 0. The lowest BCUT2D eigenvalue weighted by Gasteiger charge is -2.23. The van der Waals surface area contributed by atoms with E-state index in [1.807, 2.05) is 14.0 Å². The van der Waals surface area contributed by atoms with E-state index in [1.54, 1.807) is 0 Å². The topological polar surface area (TPSA) is 58.1 Å². The second-order valence-corrected chi connectivity index (χ2v) is 5.15. The summed E-state index contributed by atoms with van der Waals surface area (Å²) < 4.78 is 1.23. The summed E-state index contributed by atoms with van der Waals surface area (Å²) >= 11 is 5.86. The van der Waals surface area contributed by atoms with Crippen molar-refractivity contribution >= 4 is 11.6 Å². The molecule has 0 aliphatic carbocycles. The Morgan fingerprint density at radius 3 is 2.53 bits per heavy atom. The maximum atomic E-state index is 12.1. The smallest absolute Gasteiger partial charge is 0.302 e. The van der Waals surface area contributed by atoms with Gasteiger partial charge < -0.3 is 4.90 Å². The molecule has 0 aliphatic heterocycles. The SMILES string of the molecule is CCc1c(Cl)[nH]c(=O)n(CCN(C)C(C)CC)c1=O. The van der Waals surface area contributed by atoms with Crippen molar-refractivity contribution in [2.45, 2.75) is 46.2 Å². The fourth-order valence-corrected chi connectivity index (χ4v) is 2.18. The molecule has 108 valence electrons. The summed E-state index contributed by atoms with van der Waals surface area (Å²) in [5, 5.41) is 0.157. The highest BCUT2D eigenvalue weighted by atomic mass is 35.5. The highest BCUT2D eigenvalue weighted by Crippen LogP contribution is 2.06. The van der Waals surface area contributed by atoms with Gasteiger partial charge in [-0.2, -0.15) is 0 Å². The molecule has 0 fully saturated rings. The van der Waals surface area contributed by atoms with Gasteiger partial charge in [-0.15, -0.1) is 0 Å². The van der Waals surface area contributed by atoms with E-state index in [0.717, 1.165) is 6.42 Å². The first-order chi connectivity index (χ1) is 8.92. The van der Waals surface area contributed by atoms with Crippen LogP contribution in [0.3, 0.4) is 0 Å². The Hall–Kier alpha value is -1.07. The van der Waals surface area contributed by atoms with Crippen molar-refractivity contribution in [3.8, 4) is 0 Å². The zero-order valence-electron chi connectivity index (χ0n) is 12.0. The molecule has 1 aromatic heterocycles. The minimum atomic E-state index is -0.440. The lowest BCUT2D eigenvalue weighted by atomic mass is 10.2. The summed E-state index contributed by atoms with van der Waals surface area (Å²) in [6, 6.07) is 0.424. The number of aromatic amines is 1. The Morgan fingerprint density at radius 2 is 2.00 bits per heavy atom. The minimum Gasteiger partial charge on any atom is -0.302 e. The van der Waals surface area contributed by atoms with Crippen molar-refractivity contribution in [2.75, 3.05) is 13.6 Å². The summed E-state index contributed by atoms with van der Waals surface area (Å²) in [6.45, 7) is 7.10. The molecule has 0 spiro atoms. The van der Waals surface area contributed by atoms with E-state index in [-0.39, 0.29) is 10.7 Å². The van der Waals surface area contributed by atoms with E-state index in [0.29, 0.717) is 31.1 Å². The molecule has 0 aliphatic rings. The lowest BCUT2D eigenvalue weighted by molar-refractivity contribution is 0.240.